The van der Waals surface area contributed by atoms with Gasteiger partial charge in [0.2, 0.25) is 0 Å². The van der Waals surface area contributed by atoms with Gasteiger partial charge in [-0.15, -0.1) is 0 Å². The molecule has 0 aromatic heterocycles. The lowest BCUT2D eigenvalue weighted by atomic mass is 10.1. The Hall–Kier alpha value is -0.110. The highest BCUT2D eigenvalue weighted by Gasteiger charge is 2.11. The van der Waals surface area contributed by atoms with Crippen LogP contribution in [0.1, 0.15) is 18.9 Å². The van der Waals surface area contributed by atoms with Crippen molar-refractivity contribution in [2.24, 2.45) is 5.73 Å². The standard InChI is InChI=1S/C13H19Br2NO3S/c1-2-20(17,18)7-3-6-19-13-11(14)8-10(4-5-16)9-12(13)15/h8-9H,2-7,16H2,1H3. The summed E-state index contributed by atoms with van der Waals surface area (Å²) in [5, 5.41) is 0. The van der Waals surface area contributed by atoms with Crippen LogP contribution in [-0.4, -0.2) is 33.1 Å². The number of hydrogen-bond acceptors (Lipinski definition) is 4. The average Bonchev–Trinajstić information content (AvgIpc) is 2.37. The monoisotopic (exact) mass is 427 g/mol. The number of sulfone groups is 1. The first-order chi connectivity index (χ1) is 9.39. The van der Waals surface area contributed by atoms with Crippen molar-refractivity contribution < 1.29 is 13.2 Å². The van der Waals surface area contributed by atoms with Crippen molar-refractivity contribution in [3.63, 3.8) is 0 Å². The van der Waals surface area contributed by atoms with Gasteiger partial charge >= 0.3 is 0 Å². The van der Waals surface area contributed by atoms with Gasteiger partial charge in [0.15, 0.2) is 0 Å². The Labute approximate surface area is 137 Å². The zero-order valence-electron chi connectivity index (χ0n) is 11.4. The van der Waals surface area contributed by atoms with Gasteiger partial charge in [-0.1, -0.05) is 6.92 Å². The number of ether oxygens (including phenoxy) is 1. The van der Waals surface area contributed by atoms with Crippen LogP contribution in [0.15, 0.2) is 21.1 Å². The maximum absolute atomic E-state index is 11.4. The molecule has 4 nitrogen and oxygen atoms in total. The van der Waals surface area contributed by atoms with Crippen LogP contribution in [0.5, 0.6) is 5.75 Å². The zero-order chi connectivity index (χ0) is 15.2. The smallest absolute Gasteiger partial charge is 0.150 e. The molecule has 1 aromatic rings. The molecule has 0 atom stereocenters. The molecule has 0 bridgehead atoms. The third kappa shape index (κ3) is 5.71. The van der Waals surface area contributed by atoms with E-state index in [1.807, 2.05) is 12.1 Å². The van der Waals surface area contributed by atoms with E-state index < -0.39 is 9.84 Å². The number of halogens is 2. The molecular formula is C13H19Br2NO3S. The van der Waals surface area contributed by atoms with E-state index in [9.17, 15) is 8.42 Å². The van der Waals surface area contributed by atoms with E-state index in [2.05, 4.69) is 31.9 Å². The Morgan fingerprint density at radius 3 is 2.35 bits per heavy atom. The maximum Gasteiger partial charge on any atom is 0.150 e. The fraction of sp³-hybridized carbons (Fsp3) is 0.538. The van der Waals surface area contributed by atoms with Gasteiger partial charge in [0, 0.05) is 5.75 Å². The second kappa shape index (κ2) is 8.36. The Bertz CT molecular complexity index is 524. The third-order valence-corrected chi connectivity index (χ3v) is 5.75. The largest absolute Gasteiger partial charge is 0.491 e. The summed E-state index contributed by atoms with van der Waals surface area (Å²) in [4.78, 5) is 0. The number of rotatable bonds is 8. The summed E-state index contributed by atoms with van der Waals surface area (Å²) in [6.45, 7) is 2.61. The van der Waals surface area contributed by atoms with Crippen molar-refractivity contribution >= 4 is 41.7 Å². The topological polar surface area (TPSA) is 69.4 Å². The van der Waals surface area contributed by atoms with Crippen LogP contribution in [-0.2, 0) is 16.3 Å². The molecule has 20 heavy (non-hydrogen) atoms. The van der Waals surface area contributed by atoms with Crippen molar-refractivity contribution in [1.82, 2.24) is 0 Å². The average molecular weight is 429 g/mol. The van der Waals surface area contributed by atoms with Crippen LogP contribution in [0, 0.1) is 0 Å². The quantitative estimate of drug-likeness (QED) is 0.646. The summed E-state index contributed by atoms with van der Waals surface area (Å²) >= 11 is 6.92. The minimum atomic E-state index is -2.93. The molecule has 0 saturated heterocycles. The lowest BCUT2D eigenvalue weighted by molar-refractivity contribution is 0.313. The number of hydrogen-bond donors (Lipinski definition) is 1. The highest BCUT2D eigenvalue weighted by atomic mass is 79.9. The van der Waals surface area contributed by atoms with Crippen LogP contribution in [0.2, 0.25) is 0 Å². The minimum Gasteiger partial charge on any atom is -0.491 e. The number of benzene rings is 1. The summed E-state index contributed by atoms with van der Waals surface area (Å²) in [6, 6.07) is 3.94. The zero-order valence-corrected chi connectivity index (χ0v) is 15.4. The predicted octanol–water partition coefficient (Wildman–Crippen LogP) is 2.92. The normalized spacial score (nSPS) is 11.6. The summed E-state index contributed by atoms with van der Waals surface area (Å²) in [7, 11) is -2.93. The van der Waals surface area contributed by atoms with E-state index in [-0.39, 0.29) is 11.5 Å². The first-order valence-electron chi connectivity index (χ1n) is 6.41. The molecular weight excluding hydrogens is 410 g/mol. The molecule has 1 rings (SSSR count). The first kappa shape index (κ1) is 17.9. The van der Waals surface area contributed by atoms with Gasteiger partial charge in [0.05, 0.1) is 21.3 Å². The Balaban J connectivity index is 2.60. The summed E-state index contributed by atoms with van der Waals surface area (Å²) in [6.07, 6.45) is 1.28. The lowest BCUT2D eigenvalue weighted by Gasteiger charge is -2.12. The second-order valence-corrected chi connectivity index (χ2v) is 8.55. The molecule has 0 aliphatic heterocycles. The third-order valence-electron chi connectivity index (χ3n) is 2.78. The van der Waals surface area contributed by atoms with E-state index >= 15 is 0 Å². The van der Waals surface area contributed by atoms with Gasteiger partial charge in [0.25, 0.3) is 0 Å². The SMILES string of the molecule is CCS(=O)(=O)CCCOc1c(Br)cc(CCN)cc1Br. The molecule has 114 valence electrons. The Morgan fingerprint density at radius 1 is 1.25 bits per heavy atom. The summed E-state index contributed by atoms with van der Waals surface area (Å²) < 4.78 is 30.1. The number of nitrogens with two attached hydrogens (primary N) is 1. The molecule has 0 fully saturated rings. The molecule has 0 aliphatic carbocycles. The van der Waals surface area contributed by atoms with E-state index in [1.54, 1.807) is 6.92 Å². The Morgan fingerprint density at radius 2 is 1.85 bits per heavy atom. The van der Waals surface area contributed by atoms with Gasteiger partial charge in [0.1, 0.15) is 15.6 Å². The summed E-state index contributed by atoms with van der Waals surface area (Å²) in [5.41, 5.74) is 6.65. The predicted molar refractivity (Wildman–Crippen MR) is 89.0 cm³/mol. The highest BCUT2D eigenvalue weighted by molar-refractivity contribution is 9.11. The van der Waals surface area contributed by atoms with Gasteiger partial charge in [-0.3, -0.25) is 0 Å². The van der Waals surface area contributed by atoms with Crippen molar-refractivity contribution in [3.05, 3.63) is 26.6 Å². The molecule has 0 aliphatic rings. The van der Waals surface area contributed by atoms with E-state index in [0.717, 1.165) is 20.9 Å². The molecule has 7 heteroatoms. The minimum absolute atomic E-state index is 0.157. The molecule has 0 heterocycles. The van der Waals surface area contributed by atoms with Crippen LogP contribution in [0.3, 0.4) is 0 Å². The molecule has 0 amide bonds. The van der Waals surface area contributed by atoms with Gasteiger partial charge < -0.3 is 10.5 Å². The highest BCUT2D eigenvalue weighted by Crippen LogP contribution is 2.35. The van der Waals surface area contributed by atoms with Gasteiger partial charge in [-0.05, 0) is 68.9 Å². The second-order valence-electron chi connectivity index (χ2n) is 4.37. The van der Waals surface area contributed by atoms with Crippen molar-refractivity contribution in [2.75, 3.05) is 24.7 Å². The molecule has 0 spiro atoms. The molecule has 0 unspecified atom stereocenters. The van der Waals surface area contributed by atoms with Gasteiger partial charge in [-0.25, -0.2) is 8.42 Å². The lowest BCUT2D eigenvalue weighted by Crippen LogP contribution is -2.12. The van der Waals surface area contributed by atoms with Crippen LogP contribution in [0.4, 0.5) is 0 Å². The van der Waals surface area contributed by atoms with Gasteiger partial charge in [-0.2, -0.15) is 0 Å². The molecule has 1 aromatic carbocycles. The van der Waals surface area contributed by atoms with Crippen LogP contribution in [0.25, 0.3) is 0 Å². The van der Waals surface area contributed by atoms with Crippen molar-refractivity contribution in [1.29, 1.82) is 0 Å². The van der Waals surface area contributed by atoms with E-state index in [4.69, 9.17) is 10.5 Å². The van der Waals surface area contributed by atoms with Crippen molar-refractivity contribution in [3.8, 4) is 5.75 Å². The van der Waals surface area contributed by atoms with Crippen LogP contribution >= 0.6 is 31.9 Å². The van der Waals surface area contributed by atoms with E-state index in [0.29, 0.717) is 25.3 Å². The maximum atomic E-state index is 11.4. The van der Waals surface area contributed by atoms with E-state index in [1.165, 1.54) is 0 Å². The molecule has 0 saturated carbocycles. The Kier molecular flexibility index (Phi) is 7.50. The van der Waals surface area contributed by atoms with Crippen molar-refractivity contribution in [2.45, 2.75) is 19.8 Å². The molecule has 0 radical (unpaired) electrons. The fourth-order valence-electron chi connectivity index (χ4n) is 1.66. The molecule has 2 N–H and O–H groups in total. The summed E-state index contributed by atoms with van der Waals surface area (Å²) in [5.74, 6) is 1.03. The van der Waals surface area contributed by atoms with Crippen LogP contribution < -0.4 is 10.5 Å². The first-order valence-corrected chi connectivity index (χ1v) is 9.81. The fourth-order valence-corrected chi connectivity index (χ4v) is 4.02.